The molecular weight excluding hydrogens is 268 g/mol. The van der Waals surface area contributed by atoms with Crippen LogP contribution in [-0.4, -0.2) is 77.4 Å². The third kappa shape index (κ3) is 4.59. The lowest BCUT2D eigenvalue weighted by Gasteiger charge is -2.32. The van der Waals surface area contributed by atoms with Crippen molar-refractivity contribution in [3.05, 3.63) is 0 Å². The maximum Gasteiger partial charge on any atom is 0.317 e. The van der Waals surface area contributed by atoms with Crippen LogP contribution < -0.4 is 11.1 Å². The second kappa shape index (κ2) is 6.96. The fraction of sp³-hybridized carbons (Fsp3) is 0.636. The van der Waals surface area contributed by atoms with Gasteiger partial charge in [0.2, 0.25) is 17.7 Å². The summed E-state index contributed by atoms with van der Waals surface area (Å²) in [5, 5.41) is 11.5. The minimum absolute atomic E-state index is 0.0277. The minimum Gasteiger partial charge on any atom is -0.480 e. The summed E-state index contributed by atoms with van der Waals surface area (Å²) < 4.78 is 0. The van der Waals surface area contributed by atoms with E-state index in [0.717, 1.165) is 4.90 Å². The monoisotopic (exact) mass is 286 g/mol. The number of hydrogen-bond donors (Lipinski definition) is 3. The summed E-state index contributed by atoms with van der Waals surface area (Å²) in [7, 11) is 0. The Morgan fingerprint density at radius 2 is 1.90 bits per heavy atom. The number of aliphatic carboxylic acids is 1. The summed E-state index contributed by atoms with van der Waals surface area (Å²) >= 11 is 0. The molecule has 1 saturated heterocycles. The van der Waals surface area contributed by atoms with E-state index < -0.39 is 24.5 Å². The van der Waals surface area contributed by atoms with Gasteiger partial charge in [-0.2, -0.15) is 0 Å². The van der Waals surface area contributed by atoms with Crippen LogP contribution in [0.2, 0.25) is 0 Å². The highest BCUT2D eigenvalue weighted by Gasteiger charge is 2.29. The molecule has 3 amide bonds. The van der Waals surface area contributed by atoms with E-state index in [0.29, 0.717) is 0 Å². The van der Waals surface area contributed by atoms with E-state index in [-0.39, 0.29) is 38.0 Å². The fourth-order valence-corrected chi connectivity index (χ4v) is 1.93. The standard InChI is InChI=1S/C11H18N4O5/c1-7(14(5-8(12)16)6-11(19)20)4-15-9(17)2-13-3-10(15)18/h7,13H,2-6H2,1H3,(H2,12,16)(H,19,20)/t7-/m0/s1. The van der Waals surface area contributed by atoms with Gasteiger partial charge in [-0.25, -0.2) is 0 Å². The number of carboxylic acids is 1. The number of rotatable bonds is 7. The van der Waals surface area contributed by atoms with E-state index in [1.807, 2.05) is 0 Å². The summed E-state index contributed by atoms with van der Waals surface area (Å²) in [6.07, 6.45) is 0. The Labute approximate surface area is 115 Å². The van der Waals surface area contributed by atoms with Gasteiger partial charge in [0.05, 0.1) is 26.2 Å². The molecule has 0 aromatic carbocycles. The second-order valence-corrected chi connectivity index (χ2v) is 4.62. The van der Waals surface area contributed by atoms with Gasteiger partial charge >= 0.3 is 5.97 Å². The number of carbonyl (C=O) groups is 4. The summed E-state index contributed by atoms with van der Waals surface area (Å²) in [5.74, 6) is -2.53. The van der Waals surface area contributed by atoms with Crippen LogP contribution in [0, 0.1) is 0 Å². The van der Waals surface area contributed by atoms with Crippen LogP contribution in [0.5, 0.6) is 0 Å². The van der Waals surface area contributed by atoms with E-state index >= 15 is 0 Å². The lowest BCUT2D eigenvalue weighted by molar-refractivity contribution is -0.147. The number of carbonyl (C=O) groups excluding carboxylic acids is 3. The number of carboxylic acid groups (broad SMARTS) is 1. The predicted molar refractivity (Wildman–Crippen MR) is 67.5 cm³/mol. The average molecular weight is 286 g/mol. The number of piperazine rings is 1. The molecule has 9 nitrogen and oxygen atoms in total. The number of nitrogens with one attached hydrogen (secondary N) is 1. The molecule has 1 fully saturated rings. The molecule has 0 aliphatic carbocycles. The third-order valence-corrected chi connectivity index (χ3v) is 2.92. The number of nitrogens with two attached hydrogens (primary N) is 1. The Kier molecular flexibility index (Phi) is 5.59. The number of imide groups is 1. The van der Waals surface area contributed by atoms with E-state index in [4.69, 9.17) is 10.8 Å². The number of hydrogen-bond acceptors (Lipinski definition) is 6. The maximum atomic E-state index is 11.6. The first-order chi connectivity index (χ1) is 9.31. The zero-order valence-electron chi connectivity index (χ0n) is 11.2. The molecule has 1 heterocycles. The molecule has 0 aromatic heterocycles. The molecule has 1 atom stereocenters. The molecular formula is C11H18N4O5. The minimum atomic E-state index is -1.11. The van der Waals surface area contributed by atoms with Crippen molar-refractivity contribution in [2.24, 2.45) is 5.73 Å². The Morgan fingerprint density at radius 3 is 2.35 bits per heavy atom. The molecule has 9 heteroatoms. The normalized spacial score (nSPS) is 17.4. The SMILES string of the molecule is C[C@@H](CN1C(=O)CNCC1=O)N(CC(N)=O)CC(=O)O. The van der Waals surface area contributed by atoms with Crippen LogP contribution in [0.4, 0.5) is 0 Å². The molecule has 0 radical (unpaired) electrons. The Hall–Kier alpha value is -2.00. The molecule has 0 spiro atoms. The topological polar surface area (TPSA) is 133 Å². The van der Waals surface area contributed by atoms with Gasteiger partial charge in [-0.15, -0.1) is 0 Å². The highest BCUT2D eigenvalue weighted by molar-refractivity contribution is 5.99. The van der Waals surface area contributed by atoms with E-state index in [1.165, 1.54) is 4.90 Å². The van der Waals surface area contributed by atoms with Gasteiger partial charge in [0, 0.05) is 12.6 Å². The van der Waals surface area contributed by atoms with Crippen LogP contribution in [-0.2, 0) is 19.2 Å². The first-order valence-electron chi connectivity index (χ1n) is 6.09. The highest BCUT2D eigenvalue weighted by Crippen LogP contribution is 2.05. The van der Waals surface area contributed by atoms with Crippen molar-refractivity contribution in [3.63, 3.8) is 0 Å². The number of primary amides is 1. The molecule has 0 bridgehead atoms. The van der Waals surface area contributed by atoms with Gasteiger partial charge in [-0.05, 0) is 6.92 Å². The van der Waals surface area contributed by atoms with Gasteiger partial charge in [-0.3, -0.25) is 34.3 Å². The van der Waals surface area contributed by atoms with Crippen molar-refractivity contribution in [2.75, 3.05) is 32.7 Å². The van der Waals surface area contributed by atoms with Crippen molar-refractivity contribution in [2.45, 2.75) is 13.0 Å². The van der Waals surface area contributed by atoms with Crippen molar-refractivity contribution in [3.8, 4) is 0 Å². The molecule has 0 unspecified atom stereocenters. The van der Waals surface area contributed by atoms with Gasteiger partial charge in [0.1, 0.15) is 0 Å². The zero-order chi connectivity index (χ0) is 15.3. The fourth-order valence-electron chi connectivity index (χ4n) is 1.93. The van der Waals surface area contributed by atoms with Crippen LogP contribution >= 0.6 is 0 Å². The summed E-state index contributed by atoms with van der Waals surface area (Å²) in [4.78, 5) is 47.3. The molecule has 1 aliphatic rings. The van der Waals surface area contributed by atoms with Crippen molar-refractivity contribution in [1.29, 1.82) is 0 Å². The second-order valence-electron chi connectivity index (χ2n) is 4.62. The third-order valence-electron chi connectivity index (χ3n) is 2.92. The number of amides is 3. The Morgan fingerprint density at radius 1 is 1.35 bits per heavy atom. The van der Waals surface area contributed by atoms with Crippen LogP contribution in [0.1, 0.15) is 6.92 Å². The molecule has 112 valence electrons. The van der Waals surface area contributed by atoms with E-state index in [2.05, 4.69) is 5.32 Å². The van der Waals surface area contributed by atoms with Gasteiger partial charge in [0.15, 0.2) is 0 Å². The average Bonchev–Trinajstić information content (AvgIpc) is 2.31. The lowest BCUT2D eigenvalue weighted by atomic mass is 10.2. The van der Waals surface area contributed by atoms with Gasteiger partial charge in [-0.1, -0.05) is 0 Å². The van der Waals surface area contributed by atoms with Crippen LogP contribution in [0.25, 0.3) is 0 Å². The van der Waals surface area contributed by atoms with E-state index in [1.54, 1.807) is 6.92 Å². The molecule has 1 aliphatic heterocycles. The quantitative estimate of drug-likeness (QED) is 0.431. The molecule has 20 heavy (non-hydrogen) atoms. The summed E-state index contributed by atoms with van der Waals surface area (Å²) in [5.41, 5.74) is 5.06. The molecule has 0 saturated carbocycles. The largest absolute Gasteiger partial charge is 0.480 e. The predicted octanol–water partition coefficient (Wildman–Crippen LogP) is -2.79. The Balaban J connectivity index is 2.70. The summed E-state index contributed by atoms with van der Waals surface area (Å²) in [6.45, 7) is 1.15. The maximum absolute atomic E-state index is 11.6. The van der Waals surface area contributed by atoms with Crippen LogP contribution in [0.3, 0.4) is 0 Å². The van der Waals surface area contributed by atoms with Crippen molar-refractivity contribution in [1.82, 2.24) is 15.1 Å². The smallest absolute Gasteiger partial charge is 0.317 e. The highest BCUT2D eigenvalue weighted by atomic mass is 16.4. The first-order valence-corrected chi connectivity index (χ1v) is 6.09. The number of nitrogens with zero attached hydrogens (tertiary/aromatic N) is 2. The van der Waals surface area contributed by atoms with E-state index in [9.17, 15) is 19.2 Å². The molecule has 0 aromatic rings. The van der Waals surface area contributed by atoms with Gasteiger partial charge in [0.25, 0.3) is 0 Å². The molecule has 1 rings (SSSR count). The van der Waals surface area contributed by atoms with Crippen molar-refractivity contribution >= 4 is 23.7 Å². The van der Waals surface area contributed by atoms with Crippen LogP contribution in [0.15, 0.2) is 0 Å². The lowest BCUT2D eigenvalue weighted by Crippen LogP contribution is -2.56. The van der Waals surface area contributed by atoms with Gasteiger partial charge < -0.3 is 10.8 Å². The summed E-state index contributed by atoms with van der Waals surface area (Å²) in [6, 6.07) is -0.482. The Bertz CT molecular complexity index is 393. The first kappa shape index (κ1) is 16.1. The van der Waals surface area contributed by atoms with Crippen molar-refractivity contribution < 1.29 is 24.3 Å². The zero-order valence-corrected chi connectivity index (χ0v) is 11.2. The molecule has 4 N–H and O–H groups in total.